The second kappa shape index (κ2) is 4.92. The van der Waals surface area contributed by atoms with Gasteiger partial charge in [0.1, 0.15) is 0 Å². The fourth-order valence-corrected chi connectivity index (χ4v) is 2.99. The van der Waals surface area contributed by atoms with Crippen LogP contribution in [0.25, 0.3) is 0 Å². The number of nitrogens with one attached hydrogen (secondary N) is 3. The number of hydrazine groups is 1. The van der Waals surface area contributed by atoms with Gasteiger partial charge in [-0.25, -0.2) is 5.43 Å². The summed E-state index contributed by atoms with van der Waals surface area (Å²) in [5, 5.41) is 2.91. The van der Waals surface area contributed by atoms with Crippen LogP contribution in [0.1, 0.15) is 30.5 Å². The molecule has 0 aliphatic carbocycles. The van der Waals surface area contributed by atoms with E-state index in [2.05, 4.69) is 35.2 Å². The Hall–Kier alpha value is -1.43. The number of fused-ring (bicyclic) bond motifs is 1. The third-order valence-corrected chi connectivity index (χ3v) is 4.19. The zero-order chi connectivity index (χ0) is 13.4. The number of rotatable bonds is 2. The van der Waals surface area contributed by atoms with Crippen LogP contribution in [0.2, 0.25) is 0 Å². The molecule has 19 heavy (non-hydrogen) atoms. The summed E-state index contributed by atoms with van der Waals surface area (Å²) in [6.07, 6.45) is 1.39. The summed E-state index contributed by atoms with van der Waals surface area (Å²) < 4.78 is 0. The molecule has 0 bridgehead atoms. The van der Waals surface area contributed by atoms with Crippen molar-refractivity contribution in [3.63, 3.8) is 0 Å². The first kappa shape index (κ1) is 12.6. The molecule has 2 aliphatic heterocycles. The van der Waals surface area contributed by atoms with E-state index in [0.29, 0.717) is 24.9 Å². The van der Waals surface area contributed by atoms with Gasteiger partial charge in [-0.1, -0.05) is 12.1 Å². The Morgan fingerprint density at radius 2 is 2.16 bits per heavy atom. The van der Waals surface area contributed by atoms with Crippen molar-refractivity contribution in [2.45, 2.75) is 31.8 Å². The van der Waals surface area contributed by atoms with Gasteiger partial charge in [-0.3, -0.25) is 10.2 Å². The van der Waals surface area contributed by atoms with Crippen LogP contribution in [0, 0.1) is 5.92 Å². The molecule has 1 amide bonds. The summed E-state index contributed by atoms with van der Waals surface area (Å²) in [5.74, 6) is 0.491. The summed E-state index contributed by atoms with van der Waals surface area (Å²) in [5.41, 5.74) is 15.9. The highest BCUT2D eigenvalue weighted by molar-refractivity contribution is 5.93. The third kappa shape index (κ3) is 2.25. The van der Waals surface area contributed by atoms with Crippen LogP contribution in [0.5, 0.6) is 0 Å². The summed E-state index contributed by atoms with van der Waals surface area (Å²) in [6, 6.07) is 6.87. The van der Waals surface area contributed by atoms with Crippen molar-refractivity contribution < 1.29 is 4.79 Å². The first-order valence-electron chi connectivity index (χ1n) is 6.83. The minimum Gasteiger partial charge on any atom is -0.330 e. The minimum absolute atomic E-state index is 0.106. The number of amides is 1. The lowest BCUT2D eigenvalue weighted by atomic mass is 9.88. The van der Waals surface area contributed by atoms with Crippen LogP contribution < -0.4 is 21.9 Å². The number of aryl methyl sites for hydroxylation is 1. The Morgan fingerprint density at radius 3 is 2.95 bits per heavy atom. The second-order valence-electron chi connectivity index (χ2n) is 5.42. The number of carbonyl (C=O) groups is 1. The lowest BCUT2D eigenvalue weighted by molar-refractivity contribution is -0.116. The second-order valence-corrected chi connectivity index (χ2v) is 5.42. The summed E-state index contributed by atoms with van der Waals surface area (Å²) >= 11 is 0. The van der Waals surface area contributed by atoms with Crippen molar-refractivity contribution in [2.75, 3.05) is 11.9 Å². The highest BCUT2D eigenvalue weighted by Gasteiger charge is 2.33. The lowest BCUT2D eigenvalue weighted by Gasteiger charge is -2.22. The first-order chi connectivity index (χ1) is 9.19. The fraction of sp³-hybridized carbons (Fsp3) is 0.500. The highest BCUT2D eigenvalue weighted by atomic mass is 16.1. The smallest absolute Gasteiger partial charge is 0.224 e. The molecule has 5 heteroatoms. The number of hydrogen-bond donors (Lipinski definition) is 4. The normalized spacial score (nSPS) is 30.0. The van der Waals surface area contributed by atoms with Crippen molar-refractivity contribution in [1.82, 2.24) is 10.9 Å². The van der Waals surface area contributed by atoms with Crippen LogP contribution in [-0.2, 0) is 11.2 Å². The molecule has 1 saturated heterocycles. The van der Waals surface area contributed by atoms with E-state index in [1.165, 1.54) is 11.1 Å². The van der Waals surface area contributed by atoms with Gasteiger partial charge in [-0.2, -0.15) is 0 Å². The standard InChI is InChI=1S/C14H20N4O/c1-8-11(7-15)14(18-17-8)10-2-4-12-9(6-10)3-5-13(19)16-12/h2,4,6,8,11,14,17-18H,3,5,7,15H2,1H3,(H,16,19). The van der Waals surface area contributed by atoms with E-state index >= 15 is 0 Å². The van der Waals surface area contributed by atoms with E-state index in [-0.39, 0.29) is 11.9 Å². The van der Waals surface area contributed by atoms with Crippen LogP contribution in [0.4, 0.5) is 5.69 Å². The van der Waals surface area contributed by atoms with Crippen molar-refractivity contribution in [3.05, 3.63) is 29.3 Å². The van der Waals surface area contributed by atoms with Gasteiger partial charge >= 0.3 is 0 Å². The molecule has 3 rings (SSSR count). The van der Waals surface area contributed by atoms with Gasteiger partial charge in [0, 0.05) is 24.1 Å². The highest BCUT2D eigenvalue weighted by Crippen LogP contribution is 2.31. The lowest BCUT2D eigenvalue weighted by Crippen LogP contribution is -2.30. The molecule has 1 aromatic rings. The van der Waals surface area contributed by atoms with E-state index in [0.717, 1.165) is 12.1 Å². The monoisotopic (exact) mass is 260 g/mol. The molecule has 2 heterocycles. The molecule has 1 aromatic carbocycles. The zero-order valence-corrected chi connectivity index (χ0v) is 11.1. The average molecular weight is 260 g/mol. The van der Waals surface area contributed by atoms with E-state index in [9.17, 15) is 4.79 Å². The van der Waals surface area contributed by atoms with Gasteiger partial charge in [0.25, 0.3) is 0 Å². The Kier molecular flexibility index (Phi) is 3.26. The predicted molar refractivity (Wildman–Crippen MR) is 74.4 cm³/mol. The maximum atomic E-state index is 11.4. The number of nitrogens with two attached hydrogens (primary N) is 1. The topological polar surface area (TPSA) is 79.2 Å². The zero-order valence-electron chi connectivity index (χ0n) is 11.1. The maximum Gasteiger partial charge on any atom is 0.224 e. The molecule has 2 aliphatic rings. The van der Waals surface area contributed by atoms with E-state index in [4.69, 9.17) is 5.73 Å². The van der Waals surface area contributed by atoms with Gasteiger partial charge in [-0.15, -0.1) is 0 Å². The fourth-order valence-electron chi connectivity index (χ4n) is 2.99. The number of benzene rings is 1. The van der Waals surface area contributed by atoms with Gasteiger partial charge < -0.3 is 11.1 Å². The number of anilines is 1. The molecular weight excluding hydrogens is 240 g/mol. The predicted octanol–water partition coefficient (Wildman–Crippen LogP) is 0.684. The van der Waals surface area contributed by atoms with Gasteiger partial charge in [0.15, 0.2) is 0 Å². The Bertz CT molecular complexity index is 502. The van der Waals surface area contributed by atoms with Crippen molar-refractivity contribution in [1.29, 1.82) is 0 Å². The Balaban J connectivity index is 1.88. The Morgan fingerprint density at radius 1 is 1.32 bits per heavy atom. The van der Waals surface area contributed by atoms with Gasteiger partial charge in [-0.05, 0) is 37.1 Å². The van der Waals surface area contributed by atoms with Crippen LogP contribution in [0.3, 0.4) is 0 Å². The average Bonchev–Trinajstić information content (AvgIpc) is 2.79. The summed E-state index contributed by atoms with van der Waals surface area (Å²) in [7, 11) is 0. The van der Waals surface area contributed by atoms with Crippen molar-refractivity contribution in [2.24, 2.45) is 11.7 Å². The van der Waals surface area contributed by atoms with E-state index < -0.39 is 0 Å². The third-order valence-electron chi connectivity index (χ3n) is 4.19. The first-order valence-corrected chi connectivity index (χ1v) is 6.83. The molecule has 102 valence electrons. The molecule has 5 nitrogen and oxygen atoms in total. The molecule has 0 saturated carbocycles. The molecule has 3 atom stereocenters. The molecule has 0 spiro atoms. The molecule has 0 aromatic heterocycles. The molecular formula is C14H20N4O. The molecule has 5 N–H and O–H groups in total. The van der Waals surface area contributed by atoms with Gasteiger partial charge in [0.05, 0.1) is 6.04 Å². The number of hydrogen-bond acceptors (Lipinski definition) is 4. The minimum atomic E-state index is 0.106. The molecule has 3 unspecified atom stereocenters. The quantitative estimate of drug-likeness (QED) is 0.630. The van der Waals surface area contributed by atoms with Crippen LogP contribution >= 0.6 is 0 Å². The largest absolute Gasteiger partial charge is 0.330 e. The molecule has 1 fully saturated rings. The van der Waals surface area contributed by atoms with E-state index in [1.807, 2.05) is 6.07 Å². The molecule has 0 radical (unpaired) electrons. The van der Waals surface area contributed by atoms with E-state index in [1.54, 1.807) is 0 Å². The number of carbonyl (C=O) groups excluding carboxylic acids is 1. The summed E-state index contributed by atoms with van der Waals surface area (Å²) in [6.45, 7) is 2.79. The van der Waals surface area contributed by atoms with Crippen molar-refractivity contribution >= 4 is 11.6 Å². The van der Waals surface area contributed by atoms with Crippen LogP contribution in [-0.4, -0.2) is 18.5 Å². The maximum absolute atomic E-state index is 11.4. The Labute approximate surface area is 112 Å². The van der Waals surface area contributed by atoms with Gasteiger partial charge in [0.2, 0.25) is 5.91 Å². The van der Waals surface area contributed by atoms with Crippen molar-refractivity contribution in [3.8, 4) is 0 Å². The van der Waals surface area contributed by atoms with Crippen LogP contribution in [0.15, 0.2) is 18.2 Å². The SMILES string of the molecule is CC1NNC(c2ccc3c(c2)CCC(=O)N3)C1CN. The summed E-state index contributed by atoms with van der Waals surface area (Å²) in [4.78, 5) is 11.4.